The van der Waals surface area contributed by atoms with E-state index < -0.39 is 71.0 Å². The summed E-state index contributed by atoms with van der Waals surface area (Å²) in [6.07, 6.45) is -2.18. The lowest BCUT2D eigenvalue weighted by Gasteiger charge is -2.51. The summed E-state index contributed by atoms with van der Waals surface area (Å²) in [5, 5.41) is 0. The minimum Gasteiger partial charge on any atom is -0.462 e. The Morgan fingerprint density at radius 2 is 1.61 bits per heavy atom. The molecule has 0 aromatic carbocycles. The standard InChI is InChI=1S/C30H52N2O12Si2/c1-18(2)45(19(3)4)40-16-25-27(43-46(44-45,20(5)6)21(7)8)28(29(42-25)32-13-11-26(35)31-30(32)36)39-17-37-14-12-24(41-23(10)34)15-38-22(9)33/h11,13,18-21,24-25,27-29H,12,14-17H2,1-10H3,(H,31,35,36)/t24?,25-,27?,28+,29-/m1/s1. The third-order valence-electron chi connectivity index (χ3n) is 8.48. The van der Waals surface area contributed by atoms with Gasteiger partial charge in [0.15, 0.2) is 6.23 Å². The molecule has 0 radical (unpaired) electrons. The molecule has 16 heteroatoms. The van der Waals surface area contributed by atoms with E-state index in [2.05, 4.69) is 60.4 Å². The van der Waals surface area contributed by atoms with Crippen molar-refractivity contribution in [3.8, 4) is 0 Å². The molecule has 1 aromatic rings. The number of esters is 2. The van der Waals surface area contributed by atoms with E-state index in [-0.39, 0.29) is 55.2 Å². The smallest absolute Gasteiger partial charge is 0.335 e. The number of rotatable bonds is 14. The van der Waals surface area contributed by atoms with Crippen LogP contribution in [0, 0.1) is 0 Å². The van der Waals surface area contributed by atoms with Crippen LogP contribution in [-0.2, 0) is 46.2 Å². The van der Waals surface area contributed by atoms with Crippen molar-refractivity contribution in [3.05, 3.63) is 33.1 Å². The molecule has 2 aliphatic heterocycles. The second kappa shape index (κ2) is 16.3. The molecule has 2 unspecified atom stereocenters. The van der Waals surface area contributed by atoms with Crippen LogP contribution >= 0.6 is 0 Å². The van der Waals surface area contributed by atoms with Gasteiger partial charge in [0, 0.05) is 32.5 Å². The first-order valence-electron chi connectivity index (χ1n) is 16.0. The van der Waals surface area contributed by atoms with E-state index in [1.807, 2.05) is 0 Å². The molecule has 1 aromatic heterocycles. The zero-order chi connectivity index (χ0) is 34.4. The zero-order valence-electron chi connectivity index (χ0n) is 28.7. The van der Waals surface area contributed by atoms with Gasteiger partial charge in [-0.2, -0.15) is 0 Å². The van der Waals surface area contributed by atoms with Gasteiger partial charge in [-0.05, 0) is 22.2 Å². The van der Waals surface area contributed by atoms with Crippen molar-refractivity contribution in [1.29, 1.82) is 0 Å². The van der Waals surface area contributed by atoms with Gasteiger partial charge in [-0.25, -0.2) is 4.79 Å². The van der Waals surface area contributed by atoms with Gasteiger partial charge in [0.1, 0.15) is 37.8 Å². The maximum absolute atomic E-state index is 13.0. The van der Waals surface area contributed by atoms with E-state index in [0.29, 0.717) is 0 Å². The third-order valence-corrected chi connectivity index (χ3v) is 18.7. The number of nitrogens with zero attached hydrogens (tertiary/aromatic N) is 1. The molecule has 0 amide bonds. The molecule has 1 N–H and O–H groups in total. The lowest BCUT2D eigenvalue weighted by molar-refractivity contribution is -0.160. The van der Waals surface area contributed by atoms with Crippen LogP contribution in [0.25, 0.3) is 0 Å². The monoisotopic (exact) mass is 688 g/mol. The van der Waals surface area contributed by atoms with Gasteiger partial charge in [-0.15, -0.1) is 0 Å². The predicted octanol–water partition coefficient (Wildman–Crippen LogP) is 3.63. The quantitative estimate of drug-likeness (QED) is 0.131. The summed E-state index contributed by atoms with van der Waals surface area (Å²) in [5.74, 6) is -0.996. The highest BCUT2D eigenvalue weighted by Crippen LogP contribution is 2.48. The van der Waals surface area contributed by atoms with Gasteiger partial charge in [-0.3, -0.25) is 23.9 Å². The molecule has 14 nitrogen and oxygen atoms in total. The molecule has 3 heterocycles. The van der Waals surface area contributed by atoms with Crippen LogP contribution in [0.4, 0.5) is 0 Å². The zero-order valence-corrected chi connectivity index (χ0v) is 30.7. The van der Waals surface area contributed by atoms with E-state index in [1.54, 1.807) is 0 Å². The Kier molecular flexibility index (Phi) is 13.5. The van der Waals surface area contributed by atoms with Crippen molar-refractivity contribution in [2.75, 3.05) is 26.6 Å². The number of fused-ring (bicyclic) bond motifs is 1. The number of carbonyl (C=O) groups excluding carboxylic acids is 2. The molecular formula is C30H52N2O12Si2. The maximum atomic E-state index is 13.0. The Bertz CT molecular complexity index is 1270. The summed E-state index contributed by atoms with van der Waals surface area (Å²) in [4.78, 5) is 49.9. The van der Waals surface area contributed by atoms with E-state index in [1.165, 1.54) is 30.7 Å². The molecular weight excluding hydrogens is 637 g/mol. The van der Waals surface area contributed by atoms with Crippen molar-refractivity contribution in [1.82, 2.24) is 9.55 Å². The van der Waals surface area contributed by atoms with Gasteiger partial charge >= 0.3 is 34.8 Å². The van der Waals surface area contributed by atoms with Crippen molar-refractivity contribution >= 4 is 29.1 Å². The summed E-state index contributed by atoms with van der Waals surface area (Å²) in [6.45, 7) is 19.5. The number of aromatic amines is 1. The first-order valence-corrected chi connectivity index (χ1v) is 20.0. The Morgan fingerprint density at radius 3 is 2.15 bits per heavy atom. The molecule has 2 fully saturated rings. The minimum absolute atomic E-state index is 0.0430. The molecule has 3 rings (SSSR count). The number of aromatic nitrogens is 2. The van der Waals surface area contributed by atoms with Crippen LogP contribution in [0.2, 0.25) is 22.2 Å². The Balaban J connectivity index is 1.93. The second-order valence-corrected chi connectivity index (χ2v) is 22.0. The van der Waals surface area contributed by atoms with Gasteiger partial charge in [0.2, 0.25) is 0 Å². The average molecular weight is 689 g/mol. The molecule has 0 spiro atoms. The first-order chi connectivity index (χ1) is 21.5. The molecule has 0 aliphatic carbocycles. The number of carbonyl (C=O) groups is 2. The minimum atomic E-state index is -3.06. The van der Waals surface area contributed by atoms with Crippen LogP contribution in [-0.4, -0.2) is 89.6 Å². The van der Waals surface area contributed by atoms with E-state index in [0.717, 1.165) is 0 Å². The van der Waals surface area contributed by atoms with Crippen LogP contribution in [0.15, 0.2) is 21.9 Å². The topological polar surface area (TPSA) is 163 Å². The molecule has 5 atom stereocenters. The van der Waals surface area contributed by atoms with Crippen LogP contribution in [0.3, 0.4) is 0 Å². The van der Waals surface area contributed by atoms with Crippen molar-refractivity contribution in [2.45, 2.75) is 128 Å². The van der Waals surface area contributed by atoms with Crippen molar-refractivity contribution < 1.29 is 46.2 Å². The van der Waals surface area contributed by atoms with Gasteiger partial charge < -0.3 is 36.7 Å². The highest BCUT2D eigenvalue weighted by atomic mass is 28.5. The fraction of sp³-hybridized carbons (Fsp3) is 0.800. The van der Waals surface area contributed by atoms with Gasteiger partial charge in [-0.1, -0.05) is 55.4 Å². The number of nitrogens with one attached hydrogen (secondary N) is 1. The van der Waals surface area contributed by atoms with E-state index >= 15 is 0 Å². The molecule has 2 aliphatic rings. The highest BCUT2D eigenvalue weighted by Gasteiger charge is 2.62. The summed E-state index contributed by atoms with van der Waals surface area (Å²) >= 11 is 0. The van der Waals surface area contributed by atoms with Crippen LogP contribution in [0.1, 0.15) is 81.9 Å². The average Bonchev–Trinajstić information content (AvgIpc) is 3.26. The number of ether oxygens (including phenoxy) is 5. The summed E-state index contributed by atoms with van der Waals surface area (Å²) < 4.78 is 51.4. The Morgan fingerprint density at radius 1 is 0.978 bits per heavy atom. The Hall–Kier alpha value is -2.19. The normalized spacial score (nSPS) is 24.9. The number of hydrogen-bond donors (Lipinski definition) is 1. The Labute approximate surface area is 272 Å². The number of H-pyrrole nitrogens is 1. The van der Waals surface area contributed by atoms with Gasteiger partial charge in [0.05, 0.1) is 13.2 Å². The number of hydrogen-bond acceptors (Lipinski definition) is 12. The van der Waals surface area contributed by atoms with Crippen molar-refractivity contribution in [2.24, 2.45) is 0 Å². The van der Waals surface area contributed by atoms with Crippen LogP contribution < -0.4 is 11.2 Å². The van der Waals surface area contributed by atoms with E-state index in [9.17, 15) is 19.2 Å². The fourth-order valence-corrected chi connectivity index (χ4v) is 17.4. The van der Waals surface area contributed by atoms with Gasteiger partial charge in [0.25, 0.3) is 5.56 Å². The third kappa shape index (κ3) is 8.83. The summed E-state index contributed by atoms with van der Waals surface area (Å²) in [5.41, 5.74) is -0.840. The summed E-state index contributed by atoms with van der Waals surface area (Å²) in [7, 11) is -5.91. The maximum Gasteiger partial charge on any atom is 0.335 e. The SMILES string of the molecule is CC(=O)OCC(CCOCO[C@H]1C2O[Si](C(C)C)(C(C)C)O[Si](C(C)C)(C(C)C)OC[C@H]2O[C@H]1n1ccc(=O)[nH]c1=O)OC(C)=O. The lowest BCUT2D eigenvalue weighted by atomic mass is 10.1. The lowest BCUT2D eigenvalue weighted by Crippen LogP contribution is -2.66. The summed E-state index contributed by atoms with van der Waals surface area (Å²) in [6, 6.07) is 1.24. The van der Waals surface area contributed by atoms with E-state index in [4.69, 9.17) is 36.7 Å². The second-order valence-electron chi connectivity index (χ2n) is 13.1. The molecule has 0 saturated carbocycles. The van der Waals surface area contributed by atoms with Crippen molar-refractivity contribution in [3.63, 3.8) is 0 Å². The largest absolute Gasteiger partial charge is 0.462 e. The fourth-order valence-electron chi connectivity index (χ4n) is 6.17. The molecule has 46 heavy (non-hydrogen) atoms. The first kappa shape index (κ1) is 38.3. The van der Waals surface area contributed by atoms with Crippen LogP contribution in [0.5, 0.6) is 0 Å². The molecule has 0 bridgehead atoms. The highest BCUT2D eigenvalue weighted by molar-refractivity contribution is 6.84. The molecule has 2 saturated heterocycles. The predicted molar refractivity (Wildman–Crippen MR) is 172 cm³/mol. The molecule has 262 valence electrons.